The molecule has 1 aromatic heterocycles. The molecular weight excluding hydrogens is 636 g/mol. The highest BCUT2D eigenvalue weighted by Crippen LogP contribution is 2.41. The van der Waals surface area contributed by atoms with Crippen LogP contribution in [0.25, 0.3) is 10.8 Å². The van der Waals surface area contributed by atoms with E-state index in [9.17, 15) is 14.4 Å². The number of amides is 3. The molecule has 0 aliphatic rings. The number of hydrogen-bond donors (Lipinski definition) is 2. The quantitative estimate of drug-likeness (QED) is 0.184. The van der Waals surface area contributed by atoms with Gasteiger partial charge in [0.15, 0.2) is 11.5 Å². The van der Waals surface area contributed by atoms with Crippen LogP contribution in [-0.2, 0) is 9.47 Å². The summed E-state index contributed by atoms with van der Waals surface area (Å²) in [6.45, 7) is -0.238. The molecule has 0 unspecified atom stereocenters. The Labute approximate surface area is 262 Å². The lowest BCUT2D eigenvalue weighted by Gasteiger charge is -2.25. The van der Waals surface area contributed by atoms with Crippen molar-refractivity contribution in [2.45, 2.75) is 0 Å². The van der Waals surface area contributed by atoms with Crippen LogP contribution in [0.3, 0.4) is 0 Å². The van der Waals surface area contributed by atoms with Crippen LogP contribution in [0.2, 0.25) is 0 Å². The number of fused-ring (bicyclic) bond motifs is 1. The molecule has 0 saturated heterocycles. The minimum Gasteiger partial charge on any atom is -0.493 e. The fourth-order valence-electron chi connectivity index (χ4n) is 4.31. The highest BCUT2D eigenvalue weighted by molar-refractivity contribution is 9.10. The van der Waals surface area contributed by atoms with Crippen LogP contribution >= 0.6 is 15.9 Å². The number of anilines is 2. The van der Waals surface area contributed by atoms with Crippen molar-refractivity contribution in [2.75, 3.05) is 57.8 Å². The number of carbonyl (C=O) groups is 3. The van der Waals surface area contributed by atoms with Crippen molar-refractivity contribution in [3.8, 4) is 17.2 Å². The van der Waals surface area contributed by atoms with Gasteiger partial charge in [0.05, 0.1) is 51.4 Å². The zero-order valence-electron chi connectivity index (χ0n) is 24.3. The number of pyridine rings is 1. The number of nitrogens with one attached hydrogen (secondary N) is 2. The van der Waals surface area contributed by atoms with Crippen molar-refractivity contribution < 1.29 is 38.1 Å². The number of benzene rings is 3. The van der Waals surface area contributed by atoms with Gasteiger partial charge in [0.2, 0.25) is 5.75 Å². The van der Waals surface area contributed by atoms with Gasteiger partial charge >= 0.3 is 12.2 Å². The molecule has 1 heterocycles. The van der Waals surface area contributed by atoms with E-state index in [1.165, 1.54) is 32.4 Å². The third-order valence-corrected chi connectivity index (χ3v) is 6.77. The highest BCUT2D eigenvalue weighted by atomic mass is 79.9. The van der Waals surface area contributed by atoms with E-state index in [1.54, 1.807) is 30.5 Å². The summed E-state index contributed by atoms with van der Waals surface area (Å²) in [5, 5.41) is 7.09. The van der Waals surface area contributed by atoms with E-state index in [0.29, 0.717) is 38.7 Å². The van der Waals surface area contributed by atoms with E-state index in [-0.39, 0.29) is 26.3 Å². The number of halogens is 1. The molecule has 13 heteroatoms. The Morgan fingerprint density at radius 2 is 1.55 bits per heavy atom. The first kappa shape index (κ1) is 31.9. The summed E-state index contributed by atoms with van der Waals surface area (Å²) in [7, 11) is 4.41. The second kappa shape index (κ2) is 15.4. The molecule has 0 radical (unpaired) electrons. The summed E-state index contributed by atoms with van der Waals surface area (Å²) in [6.07, 6.45) is 1.59. The van der Waals surface area contributed by atoms with Crippen molar-refractivity contribution in [1.29, 1.82) is 0 Å². The van der Waals surface area contributed by atoms with Gasteiger partial charge in [0, 0.05) is 34.4 Å². The van der Waals surface area contributed by atoms with Crippen LogP contribution in [0, 0.1) is 0 Å². The molecule has 12 nitrogen and oxygen atoms in total. The predicted octanol–water partition coefficient (Wildman–Crippen LogP) is 5.64. The lowest BCUT2D eigenvalue weighted by Crippen LogP contribution is -2.36. The van der Waals surface area contributed by atoms with E-state index < -0.39 is 18.1 Å². The van der Waals surface area contributed by atoms with Gasteiger partial charge in [-0.15, -0.1) is 0 Å². The minimum atomic E-state index is -0.746. The fourth-order valence-corrected chi connectivity index (χ4v) is 4.68. The van der Waals surface area contributed by atoms with E-state index in [4.69, 9.17) is 23.7 Å². The van der Waals surface area contributed by atoms with Crippen LogP contribution in [-0.4, -0.2) is 70.7 Å². The van der Waals surface area contributed by atoms with E-state index in [1.807, 2.05) is 36.4 Å². The Morgan fingerprint density at radius 1 is 0.841 bits per heavy atom. The van der Waals surface area contributed by atoms with Gasteiger partial charge in [-0.3, -0.25) is 15.1 Å². The Hall–Kier alpha value is -5.04. The standard InChI is InChI=1S/C31H31BrN4O8/c1-40-26-16-23(17-27(41-2)28(26)42-3)36(29(37)21-15-22(32)19-33-18-21)12-14-44-30(38)34-11-13-43-31(39)35-25-10-6-8-20-7-4-5-9-24(20)25/h4-10,15-19H,11-14H2,1-3H3,(H,34,38)(H,35,39). The third-order valence-electron chi connectivity index (χ3n) is 6.34. The number of hydrogen-bond acceptors (Lipinski definition) is 9. The number of aromatic nitrogens is 1. The molecule has 0 atom stereocenters. The van der Waals surface area contributed by atoms with Crippen LogP contribution in [0.5, 0.6) is 17.2 Å². The fraction of sp³-hybridized carbons (Fsp3) is 0.226. The molecule has 2 N–H and O–H groups in total. The summed E-state index contributed by atoms with van der Waals surface area (Å²) in [6, 6.07) is 18.1. The van der Waals surface area contributed by atoms with Gasteiger partial charge in [-0.1, -0.05) is 36.4 Å². The topological polar surface area (TPSA) is 138 Å². The molecule has 3 amide bonds. The first-order valence-electron chi connectivity index (χ1n) is 13.4. The summed E-state index contributed by atoms with van der Waals surface area (Å²) in [5.74, 6) is 0.645. The van der Waals surface area contributed by atoms with Gasteiger partial charge in [-0.25, -0.2) is 9.59 Å². The van der Waals surface area contributed by atoms with E-state index in [2.05, 4.69) is 31.5 Å². The van der Waals surface area contributed by atoms with Crippen molar-refractivity contribution in [1.82, 2.24) is 10.3 Å². The zero-order chi connectivity index (χ0) is 31.5. The summed E-state index contributed by atoms with van der Waals surface area (Å²) >= 11 is 3.33. The smallest absolute Gasteiger partial charge is 0.411 e. The summed E-state index contributed by atoms with van der Waals surface area (Å²) < 4.78 is 27.4. The van der Waals surface area contributed by atoms with Crippen LogP contribution in [0.1, 0.15) is 10.4 Å². The molecule has 0 spiro atoms. The van der Waals surface area contributed by atoms with Gasteiger partial charge in [-0.05, 0) is 33.4 Å². The molecule has 4 aromatic rings. The average Bonchev–Trinajstić information content (AvgIpc) is 3.04. The maximum Gasteiger partial charge on any atom is 0.411 e. The van der Waals surface area contributed by atoms with Crippen molar-refractivity contribution in [3.63, 3.8) is 0 Å². The zero-order valence-corrected chi connectivity index (χ0v) is 25.9. The average molecular weight is 668 g/mol. The van der Waals surface area contributed by atoms with Gasteiger partial charge in [0.1, 0.15) is 13.2 Å². The number of ether oxygens (including phenoxy) is 5. The molecule has 0 fully saturated rings. The molecule has 0 bridgehead atoms. The molecular formula is C31H31BrN4O8. The molecule has 44 heavy (non-hydrogen) atoms. The Bertz CT molecular complexity index is 1600. The van der Waals surface area contributed by atoms with Crippen LogP contribution in [0.4, 0.5) is 21.0 Å². The van der Waals surface area contributed by atoms with Crippen LogP contribution in [0.15, 0.2) is 77.5 Å². The van der Waals surface area contributed by atoms with Gasteiger partial charge < -0.3 is 33.9 Å². The predicted molar refractivity (Wildman–Crippen MR) is 168 cm³/mol. The van der Waals surface area contributed by atoms with E-state index in [0.717, 1.165) is 10.8 Å². The maximum absolute atomic E-state index is 13.5. The number of nitrogens with zero attached hydrogens (tertiary/aromatic N) is 2. The molecule has 4 rings (SSSR count). The van der Waals surface area contributed by atoms with Crippen LogP contribution < -0.4 is 29.7 Å². The molecule has 230 valence electrons. The lowest BCUT2D eigenvalue weighted by molar-refractivity contribution is 0.0972. The Morgan fingerprint density at radius 3 is 2.25 bits per heavy atom. The highest BCUT2D eigenvalue weighted by Gasteiger charge is 2.23. The first-order chi connectivity index (χ1) is 21.3. The lowest BCUT2D eigenvalue weighted by atomic mass is 10.1. The van der Waals surface area contributed by atoms with Crippen molar-refractivity contribution in [3.05, 3.63) is 83.1 Å². The van der Waals surface area contributed by atoms with Crippen molar-refractivity contribution >= 4 is 56.2 Å². The van der Waals surface area contributed by atoms with Crippen molar-refractivity contribution in [2.24, 2.45) is 0 Å². The summed E-state index contributed by atoms with van der Waals surface area (Å²) in [5.41, 5.74) is 1.33. The first-order valence-corrected chi connectivity index (χ1v) is 14.2. The van der Waals surface area contributed by atoms with Gasteiger partial charge in [-0.2, -0.15) is 0 Å². The number of rotatable bonds is 12. The normalized spacial score (nSPS) is 10.5. The second-order valence-corrected chi connectivity index (χ2v) is 10.00. The summed E-state index contributed by atoms with van der Waals surface area (Å²) in [4.78, 5) is 43.6. The van der Waals surface area contributed by atoms with E-state index >= 15 is 0 Å². The van der Waals surface area contributed by atoms with Gasteiger partial charge in [0.25, 0.3) is 5.91 Å². The molecule has 3 aromatic carbocycles. The Kier molecular flexibility index (Phi) is 11.2. The largest absolute Gasteiger partial charge is 0.493 e. The second-order valence-electron chi connectivity index (χ2n) is 9.08. The molecule has 0 aliphatic heterocycles. The maximum atomic E-state index is 13.5. The monoisotopic (exact) mass is 666 g/mol. The SMILES string of the molecule is COc1cc(N(CCOC(=O)NCCOC(=O)Nc2cccc3ccccc23)C(=O)c2cncc(Br)c2)cc(OC)c1OC. The number of carbonyl (C=O) groups excluding carboxylic acids is 3. The molecule has 0 saturated carbocycles. The Balaban J connectivity index is 1.33. The third kappa shape index (κ3) is 8.07. The molecule has 0 aliphatic carbocycles. The minimum absolute atomic E-state index is 0.0126. The number of methoxy groups -OCH3 is 3. The number of alkyl carbamates (subject to hydrolysis) is 1.